The lowest BCUT2D eigenvalue weighted by Crippen LogP contribution is -2.43. The Kier molecular flexibility index (Phi) is 7.09. The molecule has 0 heterocycles. The van der Waals surface area contributed by atoms with E-state index in [0.29, 0.717) is 30.4 Å². The van der Waals surface area contributed by atoms with Crippen molar-refractivity contribution in [3.05, 3.63) is 29.8 Å². The maximum atomic E-state index is 12.2. The minimum absolute atomic E-state index is 0.0949. The van der Waals surface area contributed by atoms with E-state index in [1.54, 1.807) is 38.3 Å². The molecule has 0 radical (unpaired) electrons. The van der Waals surface area contributed by atoms with Gasteiger partial charge in [0.1, 0.15) is 5.75 Å². The van der Waals surface area contributed by atoms with Gasteiger partial charge in [-0.3, -0.25) is 9.59 Å². The van der Waals surface area contributed by atoms with Gasteiger partial charge in [-0.15, -0.1) is 0 Å². The standard InChI is InChI=1S/C19H28N2O3/c1-15(22)21(17-9-5-3-4-6-10-17)13-12-20-19(23)16-8-7-11-18(14-16)24-2/h7-8,11,14,17H,3-6,9-10,12-13H2,1-2H3,(H,20,23). The van der Waals surface area contributed by atoms with Crippen LogP contribution in [0.15, 0.2) is 24.3 Å². The topological polar surface area (TPSA) is 58.6 Å². The van der Waals surface area contributed by atoms with E-state index >= 15 is 0 Å². The van der Waals surface area contributed by atoms with Crippen molar-refractivity contribution >= 4 is 11.8 Å². The van der Waals surface area contributed by atoms with Crippen molar-refractivity contribution in [2.45, 2.75) is 51.5 Å². The Morgan fingerprint density at radius 3 is 2.54 bits per heavy atom. The van der Waals surface area contributed by atoms with Crippen molar-refractivity contribution in [2.75, 3.05) is 20.2 Å². The van der Waals surface area contributed by atoms with E-state index in [4.69, 9.17) is 4.74 Å². The van der Waals surface area contributed by atoms with Gasteiger partial charge in [0.15, 0.2) is 0 Å². The first kappa shape index (κ1) is 18.3. The van der Waals surface area contributed by atoms with Crippen molar-refractivity contribution in [2.24, 2.45) is 0 Å². The van der Waals surface area contributed by atoms with Gasteiger partial charge in [-0.2, -0.15) is 0 Å². The maximum Gasteiger partial charge on any atom is 0.251 e. The number of nitrogens with zero attached hydrogens (tertiary/aromatic N) is 1. The highest BCUT2D eigenvalue weighted by atomic mass is 16.5. The molecule has 1 aromatic carbocycles. The summed E-state index contributed by atoms with van der Waals surface area (Å²) in [5.41, 5.74) is 0.568. The van der Waals surface area contributed by atoms with Crippen LogP contribution < -0.4 is 10.1 Å². The van der Waals surface area contributed by atoms with Crippen LogP contribution in [-0.4, -0.2) is 43.0 Å². The number of carbonyl (C=O) groups is 2. The van der Waals surface area contributed by atoms with Crippen LogP contribution in [0.2, 0.25) is 0 Å². The lowest BCUT2D eigenvalue weighted by atomic mass is 10.1. The van der Waals surface area contributed by atoms with Gasteiger partial charge in [0.2, 0.25) is 5.91 Å². The van der Waals surface area contributed by atoms with Gasteiger partial charge in [0.05, 0.1) is 7.11 Å². The van der Waals surface area contributed by atoms with Gasteiger partial charge in [0, 0.05) is 31.6 Å². The molecule has 1 aliphatic rings. The van der Waals surface area contributed by atoms with E-state index in [9.17, 15) is 9.59 Å². The number of carbonyl (C=O) groups excluding carboxylic acids is 2. The Labute approximate surface area is 144 Å². The molecule has 0 spiro atoms. The number of hydrogen-bond acceptors (Lipinski definition) is 3. The number of hydrogen-bond donors (Lipinski definition) is 1. The summed E-state index contributed by atoms with van der Waals surface area (Å²) in [5.74, 6) is 0.613. The Morgan fingerprint density at radius 2 is 1.92 bits per heavy atom. The van der Waals surface area contributed by atoms with Gasteiger partial charge < -0.3 is 15.0 Å². The van der Waals surface area contributed by atoms with E-state index in [-0.39, 0.29) is 11.8 Å². The second kappa shape index (κ2) is 9.30. The molecule has 1 aromatic rings. The summed E-state index contributed by atoms with van der Waals surface area (Å²) in [7, 11) is 1.58. The molecule has 5 nitrogen and oxygen atoms in total. The van der Waals surface area contributed by atoms with Crippen LogP contribution in [0.4, 0.5) is 0 Å². The highest BCUT2D eigenvalue weighted by Gasteiger charge is 2.22. The quantitative estimate of drug-likeness (QED) is 0.815. The summed E-state index contributed by atoms with van der Waals surface area (Å²) < 4.78 is 5.14. The Hall–Kier alpha value is -2.04. The molecule has 1 aliphatic carbocycles. The number of amides is 2. The second-order valence-corrected chi connectivity index (χ2v) is 6.35. The first-order chi connectivity index (χ1) is 11.6. The van der Waals surface area contributed by atoms with E-state index in [1.807, 2.05) is 4.90 Å². The molecule has 5 heteroatoms. The Morgan fingerprint density at radius 1 is 1.21 bits per heavy atom. The van der Waals surface area contributed by atoms with Gasteiger partial charge in [-0.1, -0.05) is 31.7 Å². The van der Waals surface area contributed by atoms with Crippen molar-refractivity contribution in [3.8, 4) is 5.75 Å². The summed E-state index contributed by atoms with van der Waals surface area (Å²) in [6.07, 6.45) is 7.03. The average Bonchev–Trinajstić information content (AvgIpc) is 2.87. The van der Waals surface area contributed by atoms with Gasteiger partial charge in [-0.25, -0.2) is 0 Å². The summed E-state index contributed by atoms with van der Waals surface area (Å²) in [4.78, 5) is 26.1. The molecule has 0 aliphatic heterocycles. The molecule has 1 fully saturated rings. The van der Waals surface area contributed by atoms with Crippen LogP contribution in [0.5, 0.6) is 5.75 Å². The molecule has 132 valence electrons. The fourth-order valence-corrected chi connectivity index (χ4v) is 3.32. The Bertz CT molecular complexity index is 551. The van der Waals surface area contributed by atoms with Crippen LogP contribution >= 0.6 is 0 Å². The van der Waals surface area contributed by atoms with Crippen LogP contribution in [0.3, 0.4) is 0 Å². The highest BCUT2D eigenvalue weighted by Crippen LogP contribution is 2.21. The maximum absolute atomic E-state index is 12.2. The van der Waals surface area contributed by atoms with Crippen LogP contribution in [0.25, 0.3) is 0 Å². The number of ether oxygens (including phenoxy) is 1. The van der Waals surface area contributed by atoms with Crippen molar-refractivity contribution < 1.29 is 14.3 Å². The largest absolute Gasteiger partial charge is 0.497 e. The SMILES string of the molecule is COc1cccc(C(=O)NCCN(C(C)=O)C2CCCCCC2)c1. The summed E-state index contributed by atoms with van der Waals surface area (Å²) in [6.45, 7) is 2.65. The third-order valence-electron chi connectivity index (χ3n) is 4.64. The third kappa shape index (κ3) is 5.25. The van der Waals surface area contributed by atoms with E-state index < -0.39 is 0 Å². The molecular weight excluding hydrogens is 304 g/mol. The van der Waals surface area contributed by atoms with Crippen molar-refractivity contribution in [1.29, 1.82) is 0 Å². The highest BCUT2D eigenvalue weighted by molar-refractivity contribution is 5.94. The zero-order valence-corrected chi connectivity index (χ0v) is 14.7. The van der Waals surface area contributed by atoms with Crippen molar-refractivity contribution in [3.63, 3.8) is 0 Å². The molecule has 1 saturated carbocycles. The van der Waals surface area contributed by atoms with Gasteiger partial charge in [0.25, 0.3) is 5.91 Å². The normalized spacial score (nSPS) is 15.4. The van der Waals surface area contributed by atoms with E-state index in [0.717, 1.165) is 12.8 Å². The van der Waals surface area contributed by atoms with Crippen molar-refractivity contribution in [1.82, 2.24) is 10.2 Å². The van der Waals surface area contributed by atoms with Crippen LogP contribution in [-0.2, 0) is 4.79 Å². The van der Waals surface area contributed by atoms with Crippen LogP contribution in [0, 0.1) is 0 Å². The monoisotopic (exact) mass is 332 g/mol. The summed E-state index contributed by atoms with van der Waals surface area (Å²) in [6, 6.07) is 7.38. The minimum atomic E-state index is -0.140. The molecule has 0 unspecified atom stereocenters. The third-order valence-corrected chi connectivity index (χ3v) is 4.64. The predicted molar refractivity (Wildman–Crippen MR) is 94.2 cm³/mol. The molecule has 2 amide bonds. The van der Waals surface area contributed by atoms with Gasteiger partial charge >= 0.3 is 0 Å². The molecular formula is C19H28N2O3. The van der Waals surface area contributed by atoms with Crippen LogP contribution in [0.1, 0.15) is 55.8 Å². The fourth-order valence-electron chi connectivity index (χ4n) is 3.32. The lowest BCUT2D eigenvalue weighted by molar-refractivity contribution is -0.131. The predicted octanol–water partition coefficient (Wildman–Crippen LogP) is 3.00. The number of nitrogens with one attached hydrogen (secondary N) is 1. The minimum Gasteiger partial charge on any atom is -0.497 e. The first-order valence-electron chi connectivity index (χ1n) is 8.81. The number of rotatable bonds is 6. The zero-order chi connectivity index (χ0) is 17.4. The molecule has 24 heavy (non-hydrogen) atoms. The summed E-state index contributed by atoms with van der Waals surface area (Å²) in [5, 5.41) is 2.90. The second-order valence-electron chi connectivity index (χ2n) is 6.35. The smallest absolute Gasteiger partial charge is 0.251 e. The molecule has 1 N–H and O–H groups in total. The zero-order valence-electron chi connectivity index (χ0n) is 14.7. The number of methoxy groups -OCH3 is 1. The van der Waals surface area contributed by atoms with E-state index in [1.165, 1.54) is 25.7 Å². The molecule has 2 rings (SSSR count). The molecule has 0 bridgehead atoms. The molecule has 0 aromatic heterocycles. The molecule has 0 saturated heterocycles. The number of benzene rings is 1. The Balaban J connectivity index is 1.87. The van der Waals surface area contributed by atoms with Gasteiger partial charge in [-0.05, 0) is 31.0 Å². The summed E-state index contributed by atoms with van der Waals surface area (Å²) >= 11 is 0. The van der Waals surface area contributed by atoms with E-state index in [2.05, 4.69) is 5.32 Å². The molecule has 0 atom stereocenters. The fraction of sp³-hybridized carbons (Fsp3) is 0.579. The first-order valence-corrected chi connectivity index (χ1v) is 8.81. The average molecular weight is 332 g/mol. The lowest BCUT2D eigenvalue weighted by Gasteiger charge is -2.30.